The Hall–Kier alpha value is -0.660. The van der Waals surface area contributed by atoms with Crippen molar-refractivity contribution in [2.75, 3.05) is 57.0 Å². The third kappa shape index (κ3) is 6.53. The van der Waals surface area contributed by atoms with Gasteiger partial charge in [0, 0.05) is 57.9 Å². The normalized spacial score (nSPS) is 16.2. The Bertz CT molecular complexity index is 630. The van der Waals surface area contributed by atoms with Crippen LogP contribution in [0.15, 0.2) is 16.6 Å². The fourth-order valence-electron chi connectivity index (χ4n) is 2.45. The Balaban J connectivity index is 0.00000312. The molecule has 0 aliphatic carbocycles. The molecule has 144 valence electrons. The number of halogens is 1. The molecule has 25 heavy (non-hydrogen) atoms. The van der Waals surface area contributed by atoms with Crippen LogP contribution in [0.5, 0.6) is 0 Å². The van der Waals surface area contributed by atoms with Crippen LogP contribution in [0.3, 0.4) is 0 Å². The van der Waals surface area contributed by atoms with Crippen LogP contribution >= 0.6 is 35.3 Å². The fraction of sp³-hybridized carbons (Fsp3) is 0.714. The van der Waals surface area contributed by atoms with Crippen molar-refractivity contribution in [1.82, 2.24) is 14.2 Å². The molecule has 11 heteroatoms. The molecule has 1 aromatic heterocycles. The van der Waals surface area contributed by atoms with Gasteiger partial charge in [0.2, 0.25) is 10.0 Å². The summed E-state index contributed by atoms with van der Waals surface area (Å²) in [6.45, 7) is 6.03. The van der Waals surface area contributed by atoms with E-state index in [2.05, 4.69) is 19.8 Å². The second kappa shape index (κ2) is 10.5. The number of aliphatic imine (C=N–C) groups is 1. The molecule has 8 nitrogen and oxygen atoms in total. The fourth-order valence-corrected chi connectivity index (χ4v) is 3.99. The van der Waals surface area contributed by atoms with Crippen LogP contribution in [0.4, 0.5) is 5.13 Å². The molecular formula is C14H27IN6O2S2. The summed E-state index contributed by atoms with van der Waals surface area (Å²) >= 11 is 1.64. The third-order valence-electron chi connectivity index (χ3n) is 4.04. The standard InChI is InChI=1S/C14H26N6O2S2.HI/c1-3-24(21,22)18(2)7-4-5-16-13(15)19-8-10-20(11-9-19)14-17-6-12-23-14;/h6,12H,3-5,7-11H2,1-2H3,(H2,15,16);1H. The molecule has 0 saturated carbocycles. The van der Waals surface area contributed by atoms with Gasteiger partial charge in [-0.25, -0.2) is 17.7 Å². The van der Waals surface area contributed by atoms with E-state index in [4.69, 9.17) is 5.73 Å². The van der Waals surface area contributed by atoms with Crippen LogP contribution in [-0.4, -0.2) is 80.6 Å². The molecule has 1 aliphatic rings. The van der Waals surface area contributed by atoms with Crippen molar-refractivity contribution in [2.45, 2.75) is 13.3 Å². The van der Waals surface area contributed by atoms with Crippen molar-refractivity contribution in [2.24, 2.45) is 10.7 Å². The van der Waals surface area contributed by atoms with E-state index in [1.165, 1.54) is 4.31 Å². The van der Waals surface area contributed by atoms with Crippen molar-refractivity contribution in [3.63, 3.8) is 0 Å². The minimum absolute atomic E-state index is 0. The number of thiazole rings is 1. The number of guanidine groups is 1. The molecule has 0 spiro atoms. The average molecular weight is 502 g/mol. The number of hydrogen-bond acceptors (Lipinski definition) is 6. The highest BCUT2D eigenvalue weighted by Gasteiger charge is 2.19. The lowest BCUT2D eigenvalue weighted by atomic mass is 10.3. The molecule has 0 aromatic carbocycles. The molecule has 0 radical (unpaired) electrons. The smallest absolute Gasteiger partial charge is 0.213 e. The summed E-state index contributed by atoms with van der Waals surface area (Å²) in [6, 6.07) is 0. The van der Waals surface area contributed by atoms with Crippen molar-refractivity contribution < 1.29 is 8.42 Å². The number of hydrogen-bond donors (Lipinski definition) is 1. The molecule has 1 fully saturated rings. The number of piperazine rings is 1. The second-order valence-corrected chi connectivity index (χ2v) is 8.84. The SMILES string of the molecule is CCS(=O)(=O)N(C)CCCN=C(N)N1CCN(c2nccs2)CC1.I. The van der Waals surface area contributed by atoms with Gasteiger partial charge in [0.1, 0.15) is 0 Å². The predicted molar refractivity (Wildman–Crippen MR) is 115 cm³/mol. The Morgan fingerprint density at radius 2 is 2.08 bits per heavy atom. The molecule has 1 aliphatic heterocycles. The molecule has 2 heterocycles. The maximum absolute atomic E-state index is 11.7. The molecule has 2 rings (SSSR count). The lowest BCUT2D eigenvalue weighted by molar-refractivity contribution is 0.380. The van der Waals surface area contributed by atoms with Gasteiger partial charge in [0.05, 0.1) is 5.75 Å². The maximum atomic E-state index is 11.7. The Labute approximate surface area is 171 Å². The number of anilines is 1. The molecule has 1 aromatic rings. The minimum Gasteiger partial charge on any atom is -0.370 e. The first kappa shape index (κ1) is 22.4. The molecule has 0 amide bonds. The average Bonchev–Trinajstić information content (AvgIpc) is 3.13. The van der Waals surface area contributed by atoms with E-state index in [0.717, 1.165) is 31.3 Å². The first-order valence-electron chi connectivity index (χ1n) is 8.07. The quantitative estimate of drug-likeness (QED) is 0.257. The Morgan fingerprint density at radius 3 is 2.64 bits per heavy atom. The number of nitrogens with zero attached hydrogens (tertiary/aromatic N) is 5. The van der Waals surface area contributed by atoms with Gasteiger partial charge in [0.25, 0.3) is 0 Å². The maximum Gasteiger partial charge on any atom is 0.213 e. The zero-order valence-corrected chi connectivity index (χ0v) is 18.6. The number of rotatable bonds is 7. The molecule has 2 N–H and O–H groups in total. The number of sulfonamides is 1. The van der Waals surface area contributed by atoms with Gasteiger partial charge in [-0.15, -0.1) is 35.3 Å². The van der Waals surface area contributed by atoms with Crippen LogP contribution in [0.1, 0.15) is 13.3 Å². The molecular weight excluding hydrogens is 475 g/mol. The van der Waals surface area contributed by atoms with E-state index >= 15 is 0 Å². The Kier molecular flexibility index (Phi) is 9.38. The van der Waals surface area contributed by atoms with E-state index < -0.39 is 10.0 Å². The minimum atomic E-state index is -3.11. The third-order valence-corrected chi connectivity index (χ3v) is 6.73. The van der Waals surface area contributed by atoms with Gasteiger partial charge in [-0.05, 0) is 13.3 Å². The summed E-state index contributed by atoms with van der Waals surface area (Å²) in [5, 5.41) is 3.03. The first-order chi connectivity index (χ1) is 11.4. The highest BCUT2D eigenvalue weighted by Crippen LogP contribution is 2.18. The lowest BCUT2D eigenvalue weighted by Gasteiger charge is -2.35. The van der Waals surface area contributed by atoms with Gasteiger partial charge in [0.15, 0.2) is 11.1 Å². The van der Waals surface area contributed by atoms with Gasteiger partial charge in [-0.3, -0.25) is 4.99 Å². The summed E-state index contributed by atoms with van der Waals surface area (Å²) in [5.41, 5.74) is 6.05. The topological polar surface area (TPSA) is 95.1 Å². The van der Waals surface area contributed by atoms with Gasteiger partial charge < -0.3 is 15.5 Å². The highest BCUT2D eigenvalue weighted by molar-refractivity contribution is 14.0. The van der Waals surface area contributed by atoms with Gasteiger partial charge in [-0.1, -0.05) is 0 Å². The van der Waals surface area contributed by atoms with E-state index in [-0.39, 0.29) is 29.7 Å². The second-order valence-electron chi connectivity index (χ2n) is 5.60. The zero-order valence-electron chi connectivity index (χ0n) is 14.7. The van der Waals surface area contributed by atoms with Crippen molar-refractivity contribution in [3.8, 4) is 0 Å². The van der Waals surface area contributed by atoms with E-state index in [0.29, 0.717) is 25.5 Å². The predicted octanol–water partition coefficient (Wildman–Crippen LogP) is 0.869. The summed E-state index contributed by atoms with van der Waals surface area (Å²) in [7, 11) is -1.51. The summed E-state index contributed by atoms with van der Waals surface area (Å²) in [5.74, 6) is 0.660. The summed E-state index contributed by atoms with van der Waals surface area (Å²) in [4.78, 5) is 13.0. The largest absolute Gasteiger partial charge is 0.370 e. The number of nitrogens with two attached hydrogens (primary N) is 1. The molecule has 0 atom stereocenters. The molecule has 0 bridgehead atoms. The van der Waals surface area contributed by atoms with Crippen LogP contribution in [-0.2, 0) is 10.0 Å². The van der Waals surface area contributed by atoms with Gasteiger partial charge in [-0.2, -0.15) is 0 Å². The summed E-state index contributed by atoms with van der Waals surface area (Å²) < 4.78 is 24.7. The van der Waals surface area contributed by atoms with Crippen molar-refractivity contribution in [3.05, 3.63) is 11.6 Å². The molecule has 1 saturated heterocycles. The van der Waals surface area contributed by atoms with Crippen LogP contribution < -0.4 is 10.6 Å². The number of aromatic nitrogens is 1. The highest BCUT2D eigenvalue weighted by atomic mass is 127. The van der Waals surface area contributed by atoms with Crippen molar-refractivity contribution in [1.29, 1.82) is 0 Å². The van der Waals surface area contributed by atoms with Crippen molar-refractivity contribution >= 4 is 56.4 Å². The Morgan fingerprint density at radius 1 is 1.40 bits per heavy atom. The van der Waals surface area contributed by atoms with Crippen LogP contribution in [0.2, 0.25) is 0 Å². The van der Waals surface area contributed by atoms with Crippen LogP contribution in [0.25, 0.3) is 0 Å². The lowest BCUT2D eigenvalue weighted by Crippen LogP contribution is -2.51. The zero-order chi connectivity index (χ0) is 17.6. The monoisotopic (exact) mass is 502 g/mol. The van der Waals surface area contributed by atoms with Gasteiger partial charge >= 0.3 is 0 Å². The van der Waals surface area contributed by atoms with E-state index in [1.807, 2.05) is 11.6 Å². The van der Waals surface area contributed by atoms with E-state index in [1.54, 1.807) is 25.3 Å². The van der Waals surface area contributed by atoms with Crippen LogP contribution in [0, 0.1) is 0 Å². The molecule has 0 unspecified atom stereocenters. The van der Waals surface area contributed by atoms with E-state index in [9.17, 15) is 8.42 Å². The summed E-state index contributed by atoms with van der Waals surface area (Å²) in [6.07, 6.45) is 2.48. The first-order valence-corrected chi connectivity index (χ1v) is 10.6.